The molecule has 27 heavy (non-hydrogen) atoms. The van der Waals surface area contributed by atoms with Gasteiger partial charge in [-0.2, -0.15) is 31.6 Å². The van der Waals surface area contributed by atoms with Crippen LogP contribution in [0.1, 0.15) is 12.0 Å². The zero-order valence-corrected chi connectivity index (χ0v) is 12.8. The van der Waals surface area contributed by atoms with Crippen LogP contribution in [-0.2, 0) is 24.7 Å². The number of ether oxygens (including phenoxy) is 1. The van der Waals surface area contributed by atoms with E-state index < -0.39 is 53.4 Å². The van der Waals surface area contributed by atoms with Crippen LogP contribution in [0.25, 0.3) is 0 Å². The number of carbonyl (C=O) groups is 3. The molecule has 13 heteroatoms. The summed E-state index contributed by atoms with van der Waals surface area (Å²) in [5.41, 5.74) is -3.99. The molecule has 0 spiro atoms. The number of halogens is 6. The largest absolute Gasteiger partial charge is 0.490 e. The summed E-state index contributed by atoms with van der Waals surface area (Å²) in [6.45, 7) is 0. The molecule has 1 aromatic rings. The highest BCUT2D eigenvalue weighted by molar-refractivity contribution is 6.07. The van der Waals surface area contributed by atoms with Gasteiger partial charge in [0.15, 0.2) is 0 Å². The molecule has 1 aliphatic heterocycles. The predicted molar refractivity (Wildman–Crippen MR) is 73.8 cm³/mol. The molecule has 0 radical (unpaired) electrons. The van der Waals surface area contributed by atoms with Crippen molar-refractivity contribution in [2.24, 2.45) is 0 Å². The molecule has 1 heterocycles. The number of rotatable bonds is 3. The lowest BCUT2D eigenvalue weighted by atomic mass is 9.91. The summed E-state index contributed by atoms with van der Waals surface area (Å²) in [7, 11) is 0. The van der Waals surface area contributed by atoms with Crippen LogP contribution in [0, 0.1) is 11.3 Å². The summed E-state index contributed by atoms with van der Waals surface area (Å²) in [4.78, 5) is 34.3. The van der Waals surface area contributed by atoms with Gasteiger partial charge in [0, 0.05) is 16.9 Å². The maximum atomic E-state index is 12.5. The van der Waals surface area contributed by atoms with Gasteiger partial charge in [-0.05, 0) is 18.2 Å². The van der Waals surface area contributed by atoms with Crippen molar-refractivity contribution in [1.29, 1.82) is 5.26 Å². The van der Waals surface area contributed by atoms with Gasteiger partial charge in [-0.25, -0.2) is 4.79 Å². The molecule has 144 valence electrons. The smallest absolute Gasteiger partial charge is 0.436 e. The Bertz CT molecular complexity index is 858. The fourth-order valence-corrected chi connectivity index (χ4v) is 2.25. The Morgan fingerprint density at radius 1 is 1.19 bits per heavy atom. The van der Waals surface area contributed by atoms with E-state index in [0.717, 1.165) is 12.1 Å². The highest BCUT2D eigenvalue weighted by Gasteiger charge is 2.55. The van der Waals surface area contributed by atoms with Crippen LogP contribution < -0.4 is 10.6 Å². The van der Waals surface area contributed by atoms with Gasteiger partial charge in [0.2, 0.25) is 5.60 Å². The van der Waals surface area contributed by atoms with E-state index in [-0.39, 0.29) is 5.69 Å². The lowest BCUT2D eigenvalue weighted by Crippen LogP contribution is -2.42. The van der Waals surface area contributed by atoms with E-state index in [1.807, 2.05) is 0 Å². The molecule has 1 aromatic carbocycles. The minimum absolute atomic E-state index is 0.199. The topological polar surface area (TPSA) is 108 Å². The summed E-state index contributed by atoms with van der Waals surface area (Å²) in [6, 6.07) is 4.00. The van der Waals surface area contributed by atoms with E-state index in [0.29, 0.717) is 6.07 Å². The third-order valence-corrected chi connectivity index (χ3v) is 3.41. The molecule has 0 saturated carbocycles. The van der Waals surface area contributed by atoms with E-state index in [1.54, 1.807) is 0 Å². The van der Waals surface area contributed by atoms with Crippen LogP contribution in [0.2, 0.25) is 0 Å². The van der Waals surface area contributed by atoms with E-state index >= 15 is 0 Å². The quantitative estimate of drug-likeness (QED) is 0.604. The number of nitrogens with zero attached hydrogens (tertiary/aromatic N) is 1. The average molecular weight is 395 g/mol. The molecule has 7 nitrogen and oxygen atoms in total. The Morgan fingerprint density at radius 3 is 2.33 bits per heavy atom. The molecule has 0 bridgehead atoms. The second kappa shape index (κ2) is 6.45. The molecule has 0 fully saturated rings. The van der Waals surface area contributed by atoms with Gasteiger partial charge in [-0.1, -0.05) is 0 Å². The first kappa shape index (κ1) is 20.0. The van der Waals surface area contributed by atoms with Crippen molar-refractivity contribution in [3.63, 3.8) is 0 Å². The maximum absolute atomic E-state index is 12.5. The Kier molecular flexibility index (Phi) is 4.78. The number of alkyl halides is 6. The Balaban J connectivity index is 2.49. The lowest BCUT2D eigenvalue weighted by Gasteiger charge is -2.25. The van der Waals surface area contributed by atoms with Crippen LogP contribution in [0.3, 0.4) is 0 Å². The van der Waals surface area contributed by atoms with Crippen LogP contribution in [0.15, 0.2) is 18.2 Å². The Morgan fingerprint density at radius 2 is 1.81 bits per heavy atom. The molecule has 0 aromatic heterocycles. The molecule has 1 aliphatic rings. The molecule has 0 aliphatic carbocycles. The summed E-state index contributed by atoms with van der Waals surface area (Å²) in [6.07, 6.45) is -11.8. The fraction of sp³-hybridized carbons (Fsp3) is 0.286. The van der Waals surface area contributed by atoms with Gasteiger partial charge >= 0.3 is 24.2 Å². The van der Waals surface area contributed by atoms with Gasteiger partial charge in [0.05, 0.1) is 12.5 Å². The standard InChI is InChI=1S/C14H7F6N3O4/c15-13(16,17)10(25)22-6-1-2-8-7(5-6)12(3-4-21,9(24)23-8)27-11(26)14(18,19)20/h1-2,5H,3H2,(H,22,25)(H,23,24). The van der Waals surface area contributed by atoms with E-state index in [9.17, 15) is 40.7 Å². The number of hydrogen-bond donors (Lipinski definition) is 2. The first-order chi connectivity index (χ1) is 12.3. The van der Waals surface area contributed by atoms with Crippen molar-refractivity contribution in [3.8, 4) is 6.07 Å². The summed E-state index contributed by atoms with van der Waals surface area (Å²) in [5, 5.41) is 12.4. The maximum Gasteiger partial charge on any atom is 0.490 e. The number of amides is 2. The molecule has 0 saturated heterocycles. The van der Waals surface area contributed by atoms with Crippen LogP contribution >= 0.6 is 0 Å². The zero-order chi connectivity index (χ0) is 20.6. The van der Waals surface area contributed by atoms with Crippen molar-refractivity contribution in [3.05, 3.63) is 23.8 Å². The van der Waals surface area contributed by atoms with E-state index in [4.69, 9.17) is 5.26 Å². The molecular weight excluding hydrogens is 388 g/mol. The minimum atomic E-state index is -5.49. The Hall–Kier alpha value is -3.30. The SMILES string of the molecule is N#CCC1(OC(=O)C(F)(F)F)C(=O)Nc2ccc(NC(=O)C(F)(F)F)cc21. The second-order valence-electron chi connectivity index (χ2n) is 5.22. The van der Waals surface area contributed by atoms with E-state index in [2.05, 4.69) is 10.1 Å². The van der Waals surface area contributed by atoms with Gasteiger partial charge in [-0.3, -0.25) is 9.59 Å². The average Bonchev–Trinajstić information content (AvgIpc) is 2.78. The van der Waals surface area contributed by atoms with Crippen LogP contribution in [-0.4, -0.2) is 30.1 Å². The third-order valence-electron chi connectivity index (χ3n) is 3.41. The normalized spacial score (nSPS) is 18.9. The number of esters is 1. The van der Waals surface area contributed by atoms with Crippen molar-refractivity contribution < 1.29 is 45.5 Å². The number of hydrogen-bond acceptors (Lipinski definition) is 5. The summed E-state index contributed by atoms with van der Waals surface area (Å²) >= 11 is 0. The van der Waals surface area contributed by atoms with Gasteiger partial charge < -0.3 is 15.4 Å². The van der Waals surface area contributed by atoms with Gasteiger partial charge in [0.25, 0.3) is 5.91 Å². The molecule has 2 rings (SSSR count). The van der Waals surface area contributed by atoms with Crippen molar-refractivity contribution in [2.75, 3.05) is 10.6 Å². The lowest BCUT2D eigenvalue weighted by molar-refractivity contribution is -0.214. The second-order valence-corrected chi connectivity index (χ2v) is 5.22. The van der Waals surface area contributed by atoms with Crippen LogP contribution in [0.4, 0.5) is 37.7 Å². The highest BCUT2D eigenvalue weighted by Crippen LogP contribution is 2.43. The number of nitriles is 1. The van der Waals surface area contributed by atoms with Gasteiger partial charge in [-0.15, -0.1) is 0 Å². The summed E-state index contributed by atoms with van der Waals surface area (Å²) in [5.74, 6) is -6.45. The molecule has 2 N–H and O–H groups in total. The monoisotopic (exact) mass is 395 g/mol. The van der Waals surface area contributed by atoms with Crippen molar-refractivity contribution in [1.82, 2.24) is 0 Å². The number of carbonyl (C=O) groups excluding carboxylic acids is 3. The number of nitrogens with one attached hydrogen (secondary N) is 2. The van der Waals surface area contributed by atoms with E-state index in [1.165, 1.54) is 11.4 Å². The predicted octanol–water partition coefficient (Wildman–Crippen LogP) is 2.35. The summed E-state index contributed by atoms with van der Waals surface area (Å²) < 4.78 is 78.8. The van der Waals surface area contributed by atoms with Crippen molar-refractivity contribution in [2.45, 2.75) is 24.4 Å². The minimum Gasteiger partial charge on any atom is -0.436 e. The zero-order valence-electron chi connectivity index (χ0n) is 12.8. The first-order valence-corrected chi connectivity index (χ1v) is 6.82. The van der Waals surface area contributed by atoms with Crippen molar-refractivity contribution >= 4 is 29.2 Å². The number of fused-ring (bicyclic) bond motifs is 1. The number of benzene rings is 1. The molecule has 1 unspecified atom stereocenters. The fourth-order valence-electron chi connectivity index (χ4n) is 2.25. The van der Waals surface area contributed by atoms with Crippen LogP contribution in [0.5, 0.6) is 0 Å². The molecular formula is C14H7F6N3O4. The van der Waals surface area contributed by atoms with Gasteiger partial charge in [0.1, 0.15) is 0 Å². The molecule has 1 atom stereocenters. The Labute approximate surface area is 145 Å². The highest BCUT2D eigenvalue weighted by atomic mass is 19.4. The first-order valence-electron chi connectivity index (χ1n) is 6.82. The third kappa shape index (κ3) is 3.78. The number of anilines is 2. The molecule has 2 amide bonds.